The van der Waals surface area contributed by atoms with Crippen LogP contribution < -0.4 is 24.3 Å². The van der Waals surface area contributed by atoms with Gasteiger partial charge in [0.05, 0.1) is 14.2 Å². The highest BCUT2D eigenvalue weighted by Gasteiger charge is 2.17. The molecule has 0 saturated heterocycles. The second-order valence-corrected chi connectivity index (χ2v) is 5.70. The molecule has 0 fully saturated rings. The topological polar surface area (TPSA) is 69.3 Å². The number of ether oxygens (including phenoxy) is 4. The summed E-state index contributed by atoms with van der Waals surface area (Å²) in [6.45, 7) is 3.19. The number of carbonyl (C=O) groups is 1. The lowest BCUT2D eigenvalue weighted by molar-refractivity contribution is 0.174. The molecule has 0 saturated carbocycles. The minimum atomic E-state index is -0.197. The van der Waals surface area contributed by atoms with E-state index in [4.69, 9.17) is 18.9 Å². The first kappa shape index (κ1) is 17.7. The molecule has 0 unspecified atom stereocenters. The molecule has 7 heteroatoms. The number of carbonyl (C=O) groups excluding carboxylic acids is 1. The number of methoxy groups -OCH3 is 2. The van der Waals surface area contributed by atoms with Gasteiger partial charge in [-0.3, -0.25) is 0 Å². The van der Waals surface area contributed by atoms with Crippen LogP contribution in [0.5, 0.6) is 23.0 Å². The van der Waals surface area contributed by atoms with Crippen molar-refractivity contribution < 1.29 is 23.7 Å². The maximum Gasteiger partial charge on any atom is 0.322 e. The first-order chi connectivity index (χ1) is 12.6. The summed E-state index contributed by atoms with van der Waals surface area (Å²) in [4.78, 5) is 14.3. The van der Waals surface area contributed by atoms with Crippen LogP contribution in [-0.2, 0) is 6.54 Å². The fraction of sp³-hybridized carbons (Fsp3) is 0.316. The molecule has 0 atom stereocenters. The summed E-state index contributed by atoms with van der Waals surface area (Å²) in [7, 11) is 3.13. The molecule has 1 aliphatic heterocycles. The van der Waals surface area contributed by atoms with Crippen molar-refractivity contribution in [1.29, 1.82) is 0 Å². The van der Waals surface area contributed by atoms with Crippen LogP contribution in [0, 0.1) is 0 Å². The summed E-state index contributed by atoms with van der Waals surface area (Å²) >= 11 is 0. The number of benzene rings is 2. The molecule has 0 bridgehead atoms. The number of urea groups is 1. The number of hydrogen-bond acceptors (Lipinski definition) is 5. The molecule has 26 heavy (non-hydrogen) atoms. The molecule has 1 heterocycles. The van der Waals surface area contributed by atoms with Gasteiger partial charge in [0.2, 0.25) is 6.79 Å². The summed E-state index contributed by atoms with van der Waals surface area (Å²) in [6, 6.07) is 10.7. The van der Waals surface area contributed by atoms with Crippen molar-refractivity contribution in [3.63, 3.8) is 0 Å². The lowest BCUT2D eigenvalue weighted by Crippen LogP contribution is -2.34. The fourth-order valence-corrected chi connectivity index (χ4v) is 2.70. The molecule has 138 valence electrons. The Bertz CT molecular complexity index is 793. The van der Waals surface area contributed by atoms with Crippen molar-refractivity contribution in [3.8, 4) is 23.0 Å². The molecule has 2 amide bonds. The van der Waals surface area contributed by atoms with E-state index in [9.17, 15) is 4.79 Å². The van der Waals surface area contributed by atoms with Gasteiger partial charge in [-0.05, 0) is 36.8 Å². The summed E-state index contributed by atoms with van der Waals surface area (Å²) in [5.74, 6) is 2.60. The zero-order valence-electron chi connectivity index (χ0n) is 15.1. The summed E-state index contributed by atoms with van der Waals surface area (Å²) < 4.78 is 21.2. The highest BCUT2D eigenvalue weighted by Crippen LogP contribution is 2.33. The van der Waals surface area contributed by atoms with E-state index >= 15 is 0 Å². The number of rotatable bonds is 6. The molecular weight excluding hydrogens is 336 g/mol. The van der Waals surface area contributed by atoms with E-state index in [-0.39, 0.29) is 12.8 Å². The summed E-state index contributed by atoms with van der Waals surface area (Å²) in [5.41, 5.74) is 1.61. The Hall–Kier alpha value is -3.09. The Morgan fingerprint density at radius 2 is 1.85 bits per heavy atom. The number of anilines is 1. The first-order valence-corrected chi connectivity index (χ1v) is 8.31. The van der Waals surface area contributed by atoms with Gasteiger partial charge in [0.15, 0.2) is 23.0 Å². The van der Waals surface area contributed by atoms with Crippen molar-refractivity contribution in [3.05, 3.63) is 42.0 Å². The fourth-order valence-electron chi connectivity index (χ4n) is 2.70. The van der Waals surface area contributed by atoms with Crippen LogP contribution in [0.25, 0.3) is 0 Å². The summed E-state index contributed by atoms with van der Waals surface area (Å²) in [6.07, 6.45) is 0. The van der Waals surface area contributed by atoms with E-state index in [0.717, 1.165) is 11.3 Å². The second-order valence-electron chi connectivity index (χ2n) is 5.70. The smallest absolute Gasteiger partial charge is 0.322 e. The predicted molar refractivity (Wildman–Crippen MR) is 97.2 cm³/mol. The molecule has 2 aromatic carbocycles. The van der Waals surface area contributed by atoms with E-state index in [2.05, 4.69) is 5.32 Å². The normalized spacial score (nSPS) is 11.8. The van der Waals surface area contributed by atoms with Crippen molar-refractivity contribution in [2.24, 2.45) is 0 Å². The third-order valence-corrected chi connectivity index (χ3v) is 4.11. The third-order valence-electron chi connectivity index (χ3n) is 4.11. The van der Waals surface area contributed by atoms with Crippen LogP contribution in [0.3, 0.4) is 0 Å². The Morgan fingerprint density at radius 1 is 1.08 bits per heavy atom. The van der Waals surface area contributed by atoms with Gasteiger partial charge in [-0.25, -0.2) is 4.79 Å². The standard InChI is InChI=1S/C19H22N2O5/c1-4-21(11-13-5-7-16-18(9-13)26-12-25-16)19(22)20-14-6-8-15(23-2)17(10-14)24-3/h5-10H,4,11-12H2,1-3H3,(H,20,22). The average molecular weight is 358 g/mol. The molecule has 0 aliphatic carbocycles. The van der Waals surface area contributed by atoms with Crippen molar-refractivity contribution >= 4 is 11.7 Å². The maximum atomic E-state index is 12.6. The lowest BCUT2D eigenvalue weighted by atomic mass is 10.2. The van der Waals surface area contributed by atoms with Crippen molar-refractivity contribution in [2.75, 3.05) is 32.9 Å². The predicted octanol–water partition coefficient (Wildman–Crippen LogP) is 3.49. The zero-order chi connectivity index (χ0) is 18.5. The van der Waals surface area contributed by atoms with E-state index in [1.165, 1.54) is 0 Å². The van der Waals surface area contributed by atoms with Crippen LogP contribution >= 0.6 is 0 Å². The van der Waals surface area contributed by atoms with Crippen LogP contribution in [0.15, 0.2) is 36.4 Å². The van der Waals surface area contributed by atoms with Gasteiger partial charge in [-0.2, -0.15) is 0 Å². The van der Waals surface area contributed by atoms with E-state index < -0.39 is 0 Å². The molecule has 0 spiro atoms. The molecular formula is C19H22N2O5. The van der Waals surface area contributed by atoms with Gasteiger partial charge in [0.1, 0.15) is 0 Å². The minimum Gasteiger partial charge on any atom is -0.493 e. The summed E-state index contributed by atoms with van der Waals surface area (Å²) in [5, 5.41) is 2.89. The molecule has 2 aromatic rings. The zero-order valence-corrected chi connectivity index (χ0v) is 15.1. The molecule has 0 radical (unpaired) electrons. The maximum absolute atomic E-state index is 12.6. The first-order valence-electron chi connectivity index (χ1n) is 8.31. The quantitative estimate of drug-likeness (QED) is 0.856. The van der Waals surface area contributed by atoms with Gasteiger partial charge >= 0.3 is 6.03 Å². The van der Waals surface area contributed by atoms with E-state index in [1.807, 2.05) is 25.1 Å². The van der Waals surface area contributed by atoms with Gasteiger partial charge in [0, 0.05) is 24.8 Å². The highest BCUT2D eigenvalue weighted by atomic mass is 16.7. The SMILES string of the molecule is CCN(Cc1ccc2c(c1)OCO2)C(=O)Nc1ccc(OC)c(OC)c1. The average Bonchev–Trinajstić information content (AvgIpc) is 3.13. The number of amides is 2. The Labute approximate surface area is 152 Å². The number of hydrogen-bond donors (Lipinski definition) is 1. The van der Waals surface area contributed by atoms with Crippen LogP contribution in [0.2, 0.25) is 0 Å². The minimum absolute atomic E-state index is 0.197. The van der Waals surface area contributed by atoms with Gasteiger partial charge in [0.25, 0.3) is 0 Å². The van der Waals surface area contributed by atoms with Crippen LogP contribution in [0.4, 0.5) is 10.5 Å². The Morgan fingerprint density at radius 3 is 2.58 bits per heavy atom. The monoisotopic (exact) mass is 358 g/mol. The molecule has 0 aromatic heterocycles. The van der Waals surface area contributed by atoms with E-state index in [0.29, 0.717) is 36.0 Å². The van der Waals surface area contributed by atoms with Gasteiger partial charge in [-0.15, -0.1) is 0 Å². The number of nitrogens with zero attached hydrogens (tertiary/aromatic N) is 1. The lowest BCUT2D eigenvalue weighted by Gasteiger charge is -2.22. The number of fused-ring (bicyclic) bond motifs is 1. The molecule has 1 aliphatic rings. The number of nitrogens with one attached hydrogen (secondary N) is 1. The molecule has 1 N–H and O–H groups in total. The molecule has 7 nitrogen and oxygen atoms in total. The van der Waals surface area contributed by atoms with Crippen LogP contribution in [-0.4, -0.2) is 38.5 Å². The second kappa shape index (κ2) is 7.86. The van der Waals surface area contributed by atoms with Crippen LogP contribution in [0.1, 0.15) is 12.5 Å². The van der Waals surface area contributed by atoms with E-state index in [1.54, 1.807) is 37.3 Å². The Balaban J connectivity index is 1.69. The van der Waals surface area contributed by atoms with Crippen molar-refractivity contribution in [2.45, 2.75) is 13.5 Å². The Kier molecular flexibility index (Phi) is 5.36. The molecule has 3 rings (SSSR count). The largest absolute Gasteiger partial charge is 0.493 e. The third kappa shape index (κ3) is 3.77. The van der Waals surface area contributed by atoms with Gasteiger partial charge in [-0.1, -0.05) is 6.07 Å². The van der Waals surface area contributed by atoms with Gasteiger partial charge < -0.3 is 29.2 Å². The van der Waals surface area contributed by atoms with Crippen molar-refractivity contribution in [1.82, 2.24) is 4.90 Å². The highest BCUT2D eigenvalue weighted by molar-refractivity contribution is 5.89.